The fourth-order valence-corrected chi connectivity index (χ4v) is 2.46. The van der Waals surface area contributed by atoms with Crippen molar-refractivity contribution in [1.82, 2.24) is 15.0 Å². The minimum Gasteiger partial charge on any atom is -0.464 e. The highest BCUT2D eigenvalue weighted by atomic mass is 16.5. The maximum Gasteiger partial charge on any atom is 0.323 e. The summed E-state index contributed by atoms with van der Waals surface area (Å²) in [4.78, 5) is 15.6. The Kier molecular flexibility index (Phi) is 6.02. The van der Waals surface area contributed by atoms with Gasteiger partial charge in [0.05, 0.1) is 6.61 Å². The van der Waals surface area contributed by atoms with E-state index < -0.39 is 0 Å². The highest BCUT2D eigenvalue weighted by Gasteiger charge is 2.18. The average molecular weight is 293 g/mol. The predicted molar refractivity (Wildman–Crippen MR) is 85.0 cm³/mol. The van der Waals surface area contributed by atoms with Crippen molar-refractivity contribution in [2.75, 3.05) is 36.5 Å². The topological polar surface area (TPSA) is 63.2 Å². The third-order valence-electron chi connectivity index (χ3n) is 3.71. The summed E-state index contributed by atoms with van der Waals surface area (Å²) in [5, 5.41) is 3.23. The summed E-state index contributed by atoms with van der Waals surface area (Å²) in [6, 6.07) is 0.415. The number of hydrogen-bond acceptors (Lipinski definition) is 6. The Hall–Kier alpha value is -1.59. The minimum atomic E-state index is 0.415. The van der Waals surface area contributed by atoms with Crippen molar-refractivity contribution < 1.29 is 4.74 Å². The normalized spacial score (nSPS) is 19.2. The fraction of sp³-hybridized carbons (Fsp3) is 0.800. The summed E-state index contributed by atoms with van der Waals surface area (Å²) in [5.41, 5.74) is 0. The highest BCUT2D eigenvalue weighted by Crippen LogP contribution is 2.21. The molecule has 0 saturated carbocycles. The smallest absolute Gasteiger partial charge is 0.323 e. The number of ether oxygens (including phenoxy) is 1. The largest absolute Gasteiger partial charge is 0.464 e. The summed E-state index contributed by atoms with van der Waals surface area (Å²) in [7, 11) is 0. The molecule has 1 saturated heterocycles. The molecular formula is C15H27N5O. The van der Waals surface area contributed by atoms with Gasteiger partial charge in [-0.05, 0) is 38.5 Å². The lowest BCUT2D eigenvalue weighted by Crippen LogP contribution is -2.27. The predicted octanol–water partition coefficient (Wildman–Crippen LogP) is 2.72. The summed E-state index contributed by atoms with van der Waals surface area (Å²) in [5.74, 6) is 2.13. The average Bonchev–Trinajstić information content (AvgIpc) is 2.70. The second-order valence-corrected chi connectivity index (χ2v) is 5.62. The molecule has 2 rings (SSSR count). The summed E-state index contributed by atoms with van der Waals surface area (Å²) in [6.45, 7) is 9.80. The van der Waals surface area contributed by atoms with Crippen LogP contribution in [-0.2, 0) is 0 Å². The van der Waals surface area contributed by atoms with Crippen molar-refractivity contribution in [2.24, 2.45) is 5.92 Å². The number of hydrogen-bond donors (Lipinski definition) is 1. The van der Waals surface area contributed by atoms with Gasteiger partial charge in [-0.3, -0.25) is 0 Å². The first kappa shape index (κ1) is 15.8. The highest BCUT2D eigenvalue weighted by molar-refractivity contribution is 5.38. The molecule has 21 heavy (non-hydrogen) atoms. The van der Waals surface area contributed by atoms with Gasteiger partial charge in [0.25, 0.3) is 0 Å². The lowest BCUT2D eigenvalue weighted by molar-refractivity contribution is 0.312. The van der Waals surface area contributed by atoms with Crippen molar-refractivity contribution in [3.63, 3.8) is 0 Å². The Bertz CT molecular complexity index is 440. The monoisotopic (exact) mass is 293 g/mol. The minimum absolute atomic E-state index is 0.415. The summed E-state index contributed by atoms with van der Waals surface area (Å²) < 4.78 is 5.48. The van der Waals surface area contributed by atoms with Crippen molar-refractivity contribution in [3.05, 3.63) is 0 Å². The maximum absolute atomic E-state index is 5.48. The molecule has 0 spiro atoms. The molecule has 0 bridgehead atoms. The molecule has 2 heterocycles. The van der Waals surface area contributed by atoms with Crippen molar-refractivity contribution >= 4 is 11.9 Å². The van der Waals surface area contributed by atoms with E-state index in [0.717, 1.165) is 37.9 Å². The van der Waals surface area contributed by atoms with Crippen LogP contribution >= 0.6 is 0 Å². The van der Waals surface area contributed by atoms with Gasteiger partial charge in [0.2, 0.25) is 11.9 Å². The molecule has 1 atom stereocenters. The van der Waals surface area contributed by atoms with Crippen LogP contribution in [0.25, 0.3) is 0 Å². The van der Waals surface area contributed by atoms with Gasteiger partial charge >= 0.3 is 6.01 Å². The van der Waals surface area contributed by atoms with Crippen molar-refractivity contribution in [3.8, 4) is 6.01 Å². The van der Waals surface area contributed by atoms with E-state index in [0.29, 0.717) is 18.6 Å². The zero-order valence-corrected chi connectivity index (χ0v) is 13.4. The first-order valence-corrected chi connectivity index (χ1v) is 8.10. The number of anilines is 2. The third-order valence-corrected chi connectivity index (χ3v) is 3.71. The molecule has 0 amide bonds. The summed E-state index contributed by atoms with van der Waals surface area (Å²) in [6.07, 6.45) is 4.69. The number of nitrogens with zero attached hydrogens (tertiary/aromatic N) is 4. The number of aromatic nitrogens is 3. The Labute approximate surface area is 127 Å². The SMILES string of the molecule is CCCNc1nc(OCC)nc(N2CCCC(C)CC2)n1. The van der Waals surface area contributed by atoms with E-state index in [2.05, 4.69) is 39.0 Å². The molecular weight excluding hydrogens is 266 g/mol. The molecule has 1 aromatic heterocycles. The first-order valence-electron chi connectivity index (χ1n) is 8.10. The zero-order chi connectivity index (χ0) is 15.1. The molecule has 0 aromatic carbocycles. The third kappa shape index (κ3) is 4.72. The van der Waals surface area contributed by atoms with Gasteiger partial charge in [-0.15, -0.1) is 0 Å². The lowest BCUT2D eigenvalue weighted by atomic mass is 10.0. The van der Waals surface area contributed by atoms with E-state index in [1.165, 1.54) is 19.3 Å². The van der Waals surface area contributed by atoms with E-state index in [1.807, 2.05) is 6.92 Å². The lowest BCUT2D eigenvalue weighted by Gasteiger charge is -2.21. The second-order valence-electron chi connectivity index (χ2n) is 5.62. The molecule has 6 nitrogen and oxygen atoms in total. The van der Waals surface area contributed by atoms with Crippen LogP contribution in [0.1, 0.15) is 46.5 Å². The summed E-state index contributed by atoms with van der Waals surface area (Å²) >= 11 is 0. The van der Waals surface area contributed by atoms with Crippen LogP contribution in [0.15, 0.2) is 0 Å². The van der Waals surface area contributed by atoms with Crippen LogP contribution in [0, 0.1) is 5.92 Å². The van der Waals surface area contributed by atoms with Gasteiger partial charge in [-0.1, -0.05) is 13.8 Å². The van der Waals surface area contributed by atoms with E-state index in [4.69, 9.17) is 4.74 Å². The van der Waals surface area contributed by atoms with E-state index in [-0.39, 0.29) is 0 Å². The first-order chi connectivity index (χ1) is 10.2. The van der Waals surface area contributed by atoms with Gasteiger partial charge in [0.15, 0.2) is 0 Å². The molecule has 1 aliphatic heterocycles. The maximum atomic E-state index is 5.48. The molecule has 1 aliphatic rings. The molecule has 1 unspecified atom stereocenters. The van der Waals surface area contributed by atoms with Crippen LogP contribution in [0.4, 0.5) is 11.9 Å². The quantitative estimate of drug-likeness (QED) is 0.870. The van der Waals surface area contributed by atoms with E-state index in [9.17, 15) is 0 Å². The molecule has 118 valence electrons. The van der Waals surface area contributed by atoms with Gasteiger partial charge in [0, 0.05) is 19.6 Å². The van der Waals surface area contributed by atoms with Gasteiger partial charge in [0.1, 0.15) is 0 Å². The van der Waals surface area contributed by atoms with Gasteiger partial charge in [-0.2, -0.15) is 15.0 Å². The molecule has 1 aromatic rings. The van der Waals surface area contributed by atoms with Crippen LogP contribution in [0.5, 0.6) is 6.01 Å². The zero-order valence-electron chi connectivity index (χ0n) is 13.4. The van der Waals surface area contributed by atoms with Crippen LogP contribution < -0.4 is 15.0 Å². The molecule has 6 heteroatoms. The number of nitrogens with one attached hydrogen (secondary N) is 1. The Morgan fingerprint density at radius 3 is 2.81 bits per heavy atom. The van der Waals surface area contributed by atoms with Crippen molar-refractivity contribution in [1.29, 1.82) is 0 Å². The Morgan fingerprint density at radius 1 is 1.19 bits per heavy atom. The number of rotatable bonds is 6. The fourth-order valence-electron chi connectivity index (χ4n) is 2.46. The van der Waals surface area contributed by atoms with Gasteiger partial charge < -0.3 is 15.0 Å². The molecule has 1 fully saturated rings. The molecule has 0 aliphatic carbocycles. The Balaban J connectivity index is 2.17. The standard InChI is InChI=1S/C15H27N5O/c1-4-9-16-13-17-14(19-15(18-13)21-5-2)20-10-6-7-12(3)8-11-20/h12H,4-11H2,1-3H3,(H,16,17,18,19). The second kappa shape index (κ2) is 8.00. The van der Waals surface area contributed by atoms with Crippen LogP contribution in [0.3, 0.4) is 0 Å². The molecule has 1 N–H and O–H groups in total. The molecule has 0 radical (unpaired) electrons. The van der Waals surface area contributed by atoms with E-state index >= 15 is 0 Å². The van der Waals surface area contributed by atoms with Gasteiger partial charge in [-0.25, -0.2) is 0 Å². The van der Waals surface area contributed by atoms with Crippen molar-refractivity contribution in [2.45, 2.75) is 46.5 Å². The van der Waals surface area contributed by atoms with Crippen LogP contribution in [-0.4, -0.2) is 41.2 Å². The Morgan fingerprint density at radius 2 is 2.05 bits per heavy atom. The van der Waals surface area contributed by atoms with E-state index in [1.54, 1.807) is 0 Å². The van der Waals surface area contributed by atoms with Crippen LogP contribution in [0.2, 0.25) is 0 Å².